The van der Waals surface area contributed by atoms with Gasteiger partial charge in [-0.3, -0.25) is 4.79 Å². The minimum atomic E-state index is -0.423. The van der Waals surface area contributed by atoms with Crippen LogP contribution in [0.3, 0.4) is 0 Å². The van der Waals surface area contributed by atoms with E-state index in [2.05, 4.69) is 0 Å². The molecule has 0 fully saturated rings. The molecular weight excluding hydrogens is 233 g/mol. The fourth-order valence-corrected chi connectivity index (χ4v) is 1.75. The Morgan fingerprint density at radius 1 is 1.28 bits per heavy atom. The van der Waals surface area contributed by atoms with Crippen LogP contribution in [0.2, 0.25) is 0 Å². The Morgan fingerprint density at radius 2 is 1.94 bits per heavy atom. The van der Waals surface area contributed by atoms with Gasteiger partial charge in [-0.2, -0.15) is 0 Å². The number of hydrogen-bond acceptors (Lipinski definition) is 2. The van der Waals surface area contributed by atoms with Crippen LogP contribution in [0.25, 0.3) is 6.20 Å². The molecule has 4 heteroatoms. The monoisotopic (exact) mass is 251 g/mol. The Bertz CT molecular complexity index is 486. The van der Waals surface area contributed by atoms with E-state index in [-0.39, 0.29) is 11.6 Å². The first kappa shape index (κ1) is 14.4. The molecule has 0 saturated carbocycles. The number of halogens is 1. The number of nitrogens with zero attached hydrogens (tertiary/aromatic N) is 1. The standard InChI is InChI=1S/C14H18FNO2/c1-10(5-4-6-11(2)17)8-16-9-13(15)7-14(16)12(3)18/h7-9H,4-6H2,1-3H3/b10-8+. The third kappa shape index (κ3) is 4.28. The van der Waals surface area contributed by atoms with Crippen molar-refractivity contribution in [2.24, 2.45) is 0 Å². The normalized spacial score (nSPS) is 11.7. The van der Waals surface area contributed by atoms with Crippen LogP contribution in [0.1, 0.15) is 50.5 Å². The summed E-state index contributed by atoms with van der Waals surface area (Å²) < 4.78 is 14.6. The summed E-state index contributed by atoms with van der Waals surface area (Å²) in [5, 5.41) is 0. The number of Topliss-reactive ketones (excluding diaryl/α,β-unsaturated/α-hetero) is 2. The van der Waals surface area contributed by atoms with E-state index in [1.807, 2.05) is 6.92 Å². The maximum Gasteiger partial charge on any atom is 0.176 e. The zero-order chi connectivity index (χ0) is 13.7. The van der Waals surface area contributed by atoms with E-state index >= 15 is 0 Å². The minimum absolute atomic E-state index is 0.166. The smallest absolute Gasteiger partial charge is 0.176 e. The van der Waals surface area contributed by atoms with E-state index in [0.717, 1.165) is 18.4 Å². The summed E-state index contributed by atoms with van der Waals surface area (Å²) in [7, 11) is 0. The highest BCUT2D eigenvalue weighted by atomic mass is 19.1. The van der Waals surface area contributed by atoms with Gasteiger partial charge in [-0.05, 0) is 26.7 Å². The van der Waals surface area contributed by atoms with E-state index in [1.54, 1.807) is 13.1 Å². The third-order valence-corrected chi connectivity index (χ3v) is 2.64. The van der Waals surface area contributed by atoms with Gasteiger partial charge in [0, 0.05) is 31.8 Å². The second-order valence-corrected chi connectivity index (χ2v) is 4.54. The van der Waals surface area contributed by atoms with Crippen LogP contribution < -0.4 is 0 Å². The Kier molecular flexibility index (Phi) is 5.01. The number of ketones is 2. The number of hydrogen-bond donors (Lipinski definition) is 0. The van der Waals surface area contributed by atoms with Gasteiger partial charge in [0.2, 0.25) is 0 Å². The first-order valence-electron chi connectivity index (χ1n) is 5.95. The lowest BCUT2D eigenvalue weighted by atomic mass is 10.1. The second-order valence-electron chi connectivity index (χ2n) is 4.54. The summed E-state index contributed by atoms with van der Waals surface area (Å²) in [6, 6.07) is 1.22. The van der Waals surface area contributed by atoms with Crippen molar-refractivity contribution in [2.45, 2.75) is 40.0 Å². The predicted octanol–water partition coefficient (Wildman–Crippen LogP) is 3.45. The van der Waals surface area contributed by atoms with Crippen LogP contribution >= 0.6 is 0 Å². The van der Waals surface area contributed by atoms with Crippen molar-refractivity contribution in [3.05, 3.63) is 29.3 Å². The van der Waals surface area contributed by atoms with Crippen LogP contribution in [0, 0.1) is 5.82 Å². The fourth-order valence-electron chi connectivity index (χ4n) is 1.75. The van der Waals surface area contributed by atoms with Crippen molar-refractivity contribution in [1.82, 2.24) is 4.57 Å². The molecule has 0 aliphatic heterocycles. The van der Waals surface area contributed by atoms with Crippen molar-refractivity contribution in [3.8, 4) is 0 Å². The molecule has 98 valence electrons. The van der Waals surface area contributed by atoms with E-state index in [1.165, 1.54) is 23.8 Å². The second kappa shape index (κ2) is 6.28. The molecule has 0 atom stereocenters. The first-order valence-corrected chi connectivity index (χ1v) is 5.95. The van der Waals surface area contributed by atoms with Crippen molar-refractivity contribution in [2.75, 3.05) is 0 Å². The number of carbonyl (C=O) groups excluding carboxylic acids is 2. The van der Waals surface area contributed by atoms with Crippen molar-refractivity contribution in [1.29, 1.82) is 0 Å². The maximum absolute atomic E-state index is 13.1. The number of allylic oxidation sites excluding steroid dienone is 1. The molecule has 0 N–H and O–H groups in total. The van der Waals surface area contributed by atoms with Gasteiger partial charge in [0.05, 0.1) is 5.69 Å². The molecule has 0 aliphatic carbocycles. The average molecular weight is 251 g/mol. The van der Waals surface area contributed by atoms with Crippen molar-refractivity contribution >= 4 is 17.8 Å². The summed E-state index contributed by atoms with van der Waals surface area (Å²) in [6.45, 7) is 4.88. The van der Waals surface area contributed by atoms with E-state index in [0.29, 0.717) is 12.1 Å². The molecule has 1 aromatic rings. The Labute approximate surface area is 106 Å². The van der Waals surface area contributed by atoms with E-state index < -0.39 is 5.82 Å². The molecule has 0 spiro atoms. The highest BCUT2D eigenvalue weighted by Crippen LogP contribution is 2.13. The zero-order valence-corrected chi connectivity index (χ0v) is 11.0. The molecule has 3 nitrogen and oxygen atoms in total. The summed E-state index contributed by atoms with van der Waals surface area (Å²) in [4.78, 5) is 22.1. The molecule has 18 heavy (non-hydrogen) atoms. The number of rotatable bonds is 6. The summed E-state index contributed by atoms with van der Waals surface area (Å²) in [5.74, 6) is -0.432. The van der Waals surface area contributed by atoms with Crippen LogP contribution in [-0.2, 0) is 4.79 Å². The summed E-state index contributed by atoms with van der Waals surface area (Å²) in [6.07, 6.45) is 5.10. The van der Waals surface area contributed by atoms with Crippen molar-refractivity contribution in [3.63, 3.8) is 0 Å². The van der Waals surface area contributed by atoms with E-state index in [9.17, 15) is 14.0 Å². The molecule has 0 unspecified atom stereocenters. The molecule has 0 bridgehead atoms. The lowest BCUT2D eigenvalue weighted by Gasteiger charge is -2.04. The number of aromatic nitrogens is 1. The van der Waals surface area contributed by atoms with Gasteiger partial charge in [-0.25, -0.2) is 4.39 Å². The van der Waals surface area contributed by atoms with Gasteiger partial charge < -0.3 is 9.36 Å². The largest absolute Gasteiger partial charge is 0.318 e. The van der Waals surface area contributed by atoms with Crippen LogP contribution in [0.15, 0.2) is 17.8 Å². The average Bonchev–Trinajstić information content (AvgIpc) is 2.58. The van der Waals surface area contributed by atoms with Gasteiger partial charge in [0.15, 0.2) is 5.78 Å². The molecular formula is C14H18FNO2. The van der Waals surface area contributed by atoms with Gasteiger partial charge in [0.25, 0.3) is 0 Å². The molecule has 1 rings (SSSR count). The lowest BCUT2D eigenvalue weighted by Crippen LogP contribution is -2.00. The Hall–Kier alpha value is -1.71. The minimum Gasteiger partial charge on any atom is -0.318 e. The molecule has 1 aromatic heterocycles. The zero-order valence-electron chi connectivity index (χ0n) is 11.0. The fraction of sp³-hybridized carbons (Fsp3) is 0.429. The highest BCUT2D eigenvalue weighted by Gasteiger charge is 2.08. The quantitative estimate of drug-likeness (QED) is 0.726. The Balaban J connectivity index is 2.75. The Morgan fingerprint density at radius 3 is 2.50 bits per heavy atom. The topological polar surface area (TPSA) is 39.1 Å². The van der Waals surface area contributed by atoms with Crippen LogP contribution in [0.5, 0.6) is 0 Å². The molecule has 1 heterocycles. The summed E-state index contributed by atoms with van der Waals surface area (Å²) >= 11 is 0. The summed E-state index contributed by atoms with van der Waals surface area (Å²) in [5.41, 5.74) is 1.34. The molecule has 0 amide bonds. The van der Waals surface area contributed by atoms with Gasteiger partial charge in [-0.15, -0.1) is 0 Å². The molecule has 0 radical (unpaired) electrons. The van der Waals surface area contributed by atoms with Gasteiger partial charge in [0.1, 0.15) is 11.6 Å². The molecule has 0 aromatic carbocycles. The maximum atomic E-state index is 13.1. The van der Waals surface area contributed by atoms with Gasteiger partial charge >= 0.3 is 0 Å². The van der Waals surface area contributed by atoms with Crippen LogP contribution in [0.4, 0.5) is 4.39 Å². The molecule has 0 saturated heterocycles. The van der Waals surface area contributed by atoms with Crippen LogP contribution in [-0.4, -0.2) is 16.1 Å². The van der Waals surface area contributed by atoms with Crippen molar-refractivity contribution < 1.29 is 14.0 Å². The van der Waals surface area contributed by atoms with E-state index in [4.69, 9.17) is 0 Å². The number of carbonyl (C=O) groups is 2. The third-order valence-electron chi connectivity index (χ3n) is 2.64. The first-order chi connectivity index (χ1) is 8.40. The lowest BCUT2D eigenvalue weighted by molar-refractivity contribution is -0.117. The molecule has 0 aliphatic rings. The SMILES string of the molecule is CC(=O)CCC/C(C)=C/n1cc(F)cc1C(C)=O. The highest BCUT2D eigenvalue weighted by molar-refractivity contribution is 5.93. The predicted molar refractivity (Wildman–Crippen MR) is 68.9 cm³/mol. The van der Waals surface area contributed by atoms with Gasteiger partial charge in [-0.1, -0.05) is 5.57 Å².